The maximum Gasteiger partial charge on any atom is 0.336 e. The summed E-state index contributed by atoms with van der Waals surface area (Å²) in [5.41, 5.74) is 0.994. The Morgan fingerprint density at radius 1 is 1.18 bits per heavy atom. The van der Waals surface area contributed by atoms with E-state index in [-0.39, 0.29) is 36.5 Å². The van der Waals surface area contributed by atoms with Crippen LogP contribution >= 0.6 is 0 Å². The monoisotopic (exact) mass is 392 g/mol. The summed E-state index contributed by atoms with van der Waals surface area (Å²) in [7, 11) is 0. The molecule has 1 saturated heterocycles. The lowest BCUT2D eigenvalue weighted by Gasteiger charge is -2.21. The topological polar surface area (TPSA) is 78.1 Å². The van der Waals surface area contributed by atoms with Crippen LogP contribution in [0.2, 0.25) is 0 Å². The second-order valence-electron chi connectivity index (χ2n) is 6.81. The molecule has 0 radical (unpaired) electrons. The first kappa shape index (κ1) is 22.4. The highest BCUT2D eigenvalue weighted by Crippen LogP contribution is 2.30. The van der Waals surface area contributed by atoms with Gasteiger partial charge in [0.1, 0.15) is 24.0 Å². The predicted molar refractivity (Wildman–Crippen MR) is 109 cm³/mol. The molecule has 6 nitrogen and oxygen atoms in total. The van der Waals surface area contributed by atoms with Gasteiger partial charge >= 0.3 is 5.63 Å². The molecule has 1 aromatic heterocycles. The van der Waals surface area contributed by atoms with Gasteiger partial charge in [0.15, 0.2) is 0 Å². The molecule has 28 heavy (non-hydrogen) atoms. The van der Waals surface area contributed by atoms with Crippen LogP contribution in [-0.2, 0) is 9.47 Å². The van der Waals surface area contributed by atoms with Crippen molar-refractivity contribution in [2.75, 3.05) is 19.8 Å². The normalized spacial score (nSPS) is 24.1. The van der Waals surface area contributed by atoms with Crippen molar-refractivity contribution in [2.24, 2.45) is 5.92 Å². The third-order valence-electron chi connectivity index (χ3n) is 4.85. The van der Waals surface area contributed by atoms with Gasteiger partial charge in [-0.25, -0.2) is 4.79 Å². The largest absolute Gasteiger partial charge is 0.491 e. The van der Waals surface area contributed by atoms with Crippen LogP contribution in [0.5, 0.6) is 5.75 Å². The van der Waals surface area contributed by atoms with E-state index in [2.05, 4.69) is 6.92 Å². The number of hydrogen-bond acceptors (Lipinski definition) is 6. The van der Waals surface area contributed by atoms with Gasteiger partial charge in [0.25, 0.3) is 0 Å². The summed E-state index contributed by atoms with van der Waals surface area (Å²) in [5, 5.41) is 10.4. The van der Waals surface area contributed by atoms with Crippen LogP contribution in [-0.4, -0.2) is 43.2 Å². The first-order valence-corrected chi connectivity index (χ1v) is 10.1. The van der Waals surface area contributed by atoms with Gasteiger partial charge in [0.2, 0.25) is 0 Å². The molecule has 4 atom stereocenters. The molecule has 0 saturated carbocycles. The van der Waals surface area contributed by atoms with E-state index in [4.69, 9.17) is 18.6 Å². The maximum atomic E-state index is 11.6. The van der Waals surface area contributed by atoms with Gasteiger partial charge in [-0.2, -0.15) is 0 Å². The lowest BCUT2D eigenvalue weighted by Crippen LogP contribution is -2.34. The van der Waals surface area contributed by atoms with Crippen molar-refractivity contribution >= 4 is 11.0 Å². The van der Waals surface area contributed by atoms with E-state index in [0.29, 0.717) is 24.5 Å². The van der Waals surface area contributed by atoms with E-state index in [9.17, 15) is 9.90 Å². The Labute approximate surface area is 166 Å². The van der Waals surface area contributed by atoms with E-state index < -0.39 is 0 Å². The summed E-state index contributed by atoms with van der Waals surface area (Å²) in [4.78, 5) is 11.6. The number of ether oxygens (including phenoxy) is 3. The van der Waals surface area contributed by atoms with Crippen molar-refractivity contribution in [2.45, 2.75) is 59.4 Å². The highest BCUT2D eigenvalue weighted by Gasteiger charge is 2.42. The predicted octanol–water partition coefficient (Wildman–Crippen LogP) is 3.70. The molecule has 2 heterocycles. The molecule has 1 N–H and O–H groups in total. The molecule has 0 spiro atoms. The van der Waals surface area contributed by atoms with Crippen LogP contribution in [0.4, 0.5) is 0 Å². The molecule has 2 aromatic rings. The zero-order chi connectivity index (χ0) is 20.7. The molecule has 0 bridgehead atoms. The minimum absolute atomic E-state index is 0.0376. The second-order valence-corrected chi connectivity index (χ2v) is 6.81. The lowest BCUT2D eigenvalue weighted by atomic mass is 9.99. The number of rotatable bonds is 7. The number of aliphatic hydroxyl groups is 1. The standard InChI is InChI=1S/C20H26O6.C2H6/c1-4-7-23-20-13(3)17(10-21)25-18(20)11-24-14-5-6-15-12(2)8-19(22)26-16(15)9-14;1-2/h5-6,8-9,13,17-18,20-21H,4,7,10-11H2,1-3H3;1-2H3/t13?,17?,18-,20?;/m0./s1. The average molecular weight is 392 g/mol. The van der Waals surface area contributed by atoms with Gasteiger partial charge in [-0.05, 0) is 31.0 Å². The van der Waals surface area contributed by atoms with Gasteiger partial charge in [-0.3, -0.25) is 0 Å². The first-order chi connectivity index (χ1) is 13.5. The number of fused-ring (bicyclic) bond motifs is 1. The van der Waals surface area contributed by atoms with E-state index in [1.165, 1.54) is 6.07 Å². The summed E-state index contributed by atoms with van der Waals surface area (Å²) >= 11 is 0. The number of hydrogen-bond donors (Lipinski definition) is 1. The van der Waals surface area contributed by atoms with Crippen molar-refractivity contribution in [3.05, 3.63) is 40.2 Å². The Bertz CT molecular complexity index is 799. The molecular weight excluding hydrogens is 360 g/mol. The van der Waals surface area contributed by atoms with E-state index in [1.54, 1.807) is 6.07 Å². The minimum Gasteiger partial charge on any atom is -0.491 e. The smallest absolute Gasteiger partial charge is 0.336 e. The van der Waals surface area contributed by atoms with Gasteiger partial charge < -0.3 is 23.7 Å². The van der Waals surface area contributed by atoms with E-state index in [1.807, 2.05) is 39.8 Å². The summed E-state index contributed by atoms with van der Waals surface area (Å²) in [6.45, 7) is 10.9. The first-order valence-electron chi connectivity index (χ1n) is 10.1. The van der Waals surface area contributed by atoms with Crippen molar-refractivity contribution in [3.8, 4) is 5.75 Å². The SMILES string of the molecule is CC.CCCOC1C(C)C(CO)O[C@H]1COc1ccc2c(C)cc(=O)oc2c1. The molecule has 156 valence electrons. The van der Waals surface area contributed by atoms with E-state index in [0.717, 1.165) is 17.4 Å². The fourth-order valence-electron chi connectivity index (χ4n) is 3.41. The Morgan fingerprint density at radius 3 is 2.61 bits per heavy atom. The average Bonchev–Trinajstić information content (AvgIpc) is 3.00. The van der Waals surface area contributed by atoms with Crippen LogP contribution in [0.15, 0.2) is 33.5 Å². The molecular formula is C22H32O6. The second kappa shape index (κ2) is 10.6. The maximum absolute atomic E-state index is 11.6. The zero-order valence-corrected chi connectivity index (χ0v) is 17.4. The summed E-state index contributed by atoms with van der Waals surface area (Å²) < 4.78 is 23.0. The van der Waals surface area contributed by atoms with Crippen LogP contribution in [0.25, 0.3) is 11.0 Å². The molecule has 1 aliphatic heterocycles. The molecule has 3 unspecified atom stereocenters. The highest BCUT2D eigenvalue weighted by molar-refractivity contribution is 5.81. The van der Waals surface area contributed by atoms with Crippen LogP contribution in [0.1, 0.15) is 39.7 Å². The minimum atomic E-state index is -0.376. The molecule has 1 fully saturated rings. The van der Waals surface area contributed by atoms with Gasteiger partial charge in [-0.1, -0.05) is 27.7 Å². The molecule has 0 aliphatic carbocycles. The van der Waals surface area contributed by atoms with Crippen LogP contribution in [0.3, 0.4) is 0 Å². The van der Waals surface area contributed by atoms with Crippen molar-refractivity contribution in [3.63, 3.8) is 0 Å². The molecule has 0 amide bonds. The Hall–Kier alpha value is -1.89. The summed E-state index contributed by atoms with van der Waals surface area (Å²) in [5.74, 6) is 0.696. The Morgan fingerprint density at radius 2 is 1.93 bits per heavy atom. The van der Waals surface area contributed by atoms with Crippen LogP contribution < -0.4 is 10.4 Å². The number of aliphatic hydroxyl groups excluding tert-OH is 1. The third-order valence-corrected chi connectivity index (χ3v) is 4.85. The number of aryl methyl sites for hydroxylation is 1. The van der Waals surface area contributed by atoms with Crippen molar-refractivity contribution < 1.29 is 23.7 Å². The third kappa shape index (κ3) is 5.13. The number of benzene rings is 1. The van der Waals surface area contributed by atoms with Crippen molar-refractivity contribution in [1.82, 2.24) is 0 Å². The summed E-state index contributed by atoms with van der Waals surface area (Å²) in [6, 6.07) is 6.91. The summed E-state index contributed by atoms with van der Waals surface area (Å²) in [6.07, 6.45) is 0.299. The van der Waals surface area contributed by atoms with Crippen LogP contribution in [0, 0.1) is 12.8 Å². The highest BCUT2D eigenvalue weighted by atomic mass is 16.6. The van der Waals surface area contributed by atoms with E-state index >= 15 is 0 Å². The fraction of sp³-hybridized carbons (Fsp3) is 0.591. The zero-order valence-electron chi connectivity index (χ0n) is 17.4. The Balaban J connectivity index is 0.00000136. The van der Waals surface area contributed by atoms with Gasteiger partial charge in [0.05, 0.1) is 18.8 Å². The molecule has 3 rings (SSSR count). The Kier molecular flexibility index (Phi) is 8.48. The van der Waals surface area contributed by atoms with Gasteiger partial charge in [0, 0.05) is 30.0 Å². The van der Waals surface area contributed by atoms with Gasteiger partial charge in [-0.15, -0.1) is 0 Å². The molecule has 6 heteroatoms. The molecule has 1 aliphatic rings. The quantitative estimate of drug-likeness (QED) is 0.724. The lowest BCUT2D eigenvalue weighted by molar-refractivity contribution is -0.0502. The fourth-order valence-corrected chi connectivity index (χ4v) is 3.41. The molecule has 1 aromatic carbocycles. The van der Waals surface area contributed by atoms with Crippen molar-refractivity contribution in [1.29, 1.82) is 0 Å².